The number of halogens is 2. The van der Waals surface area contributed by atoms with Gasteiger partial charge in [-0.15, -0.1) is 0 Å². The molecule has 0 amide bonds. The fourth-order valence-electron chi connectivity index (χ4n) is 0.514. The SMILES string of the molecule is CNc1ncc(Br)nc1Br. The van der Waals surface area contributed by atoms with Gasteiger partial charge in [-0.3, -0.25) is 0 Å². The van der Waals surface area contributed by atoms with E-state index < -0.39 is 0 Å². The molecule has 0 unspecified atom stereocenters. The predicted octanol–water partition coefficient (Wildman–Crippen LogP) is 2.04. The van der Waals surface area contributed by atoms with Gasteiger partial charge in [0.15, 0.2) is 5.82 Å². The first-order valence-corrected chi connectivity index (χ1v) is 4.18. The van der Waals surface area contributed by atoms with E-state index in [9.17, 15) is 0 Å². The molecule has 5 heteroatoms. The molecule has 0 spiro atoms. The van der Waals surface area contributed by atoms with Crippen molar-refractivity contribution in [1.82, 2.24) is 9.97 Å². The number of nitrogens with zero attached hydrogens (tertiary/aromatic N) is 2. The van der Waals surface area contributed by atoms with Gasteiger partial charge in [-0.1, -0.05) is 0 Å². The Morgan fingerprint density at radius 1 is 1.50 bits per heavy atom. The predicted molar refractivity (Wildman–Crippen MR) is 47.0 cm³/mol. The van der Waals surface area contributed by atoms with E-state index in [1.54, 1.807) is 13.2 Å². The van der Waals surface area contributed by atoms with Gasteiger partial charge in [-0.2, -0.15) is 0 Å². The monoisotopic (exact) mass is 265 g/mol. The van der Waals surface area contributed by atoms with Gasteiger partial charge in [0.05, 0.1) is 6.20 Å². The summed E-state index contributed by atoms with van der Waals surface area (Å²) >= 11 is 6.44. The van der Waals surface area contributed by atoms with Gasteiger partial charge in [0.25, 0.3) is 0 Å². The van der Waals surface area contributed by atoms with Crippen LogP contribution in [0.4, 0.5) is 5.82 Å². The second kappa shape index (κ2) is 3.30. The maximum Gasteiger partial charge on any atom is 0.159 e. The molecule has 0 aliphatic heterocycles. The first-order valence-electron chi connectivity index (χ1n) is 2.60. The third-order valence-corrected chi connectivity index (χ3v) is 1.87. The van der Waals surface area contributed by atoms with Gasteiger partial charge in [0, 0.05) is 7.05 Å². The summed E-state index contributed by atoms with van der Waals surface area (Å²) in [5.41, 5.74) is 0. The molecule has 10 heavy (non-hydrogen) atoms. The van der Waals surface area contributed by atoms with Crippen molar-refractivity contribution in [3.05, 3.63) is 15.4 Å². The van der Waals surface area contributed by atoms with Gasteiger partial charge >= 0.3 is 0 Å². The van der Waals surface area contributed by atoms with Crippen LogP contribution in [-0.2, 0) is 0 Å². The quantitative estimate of drug-likeness (QED) is 0.846. The molecule has 0 radical (unpaired) electrons. The summed E-state index contributed by atoms with van der Waals surface area (Å²) in [6, 6.07) is 0. The van der Waals surface area contributed by atoms with Crippen molar-refractivity contribution in [2.45, 2.75) is 0 Å². The smallest absolute Gasteiger partial charge is 0.159 e. The first kappa shape index (κ1) is 7.94. The molecule has 0 atom stereocenters. The Balaban J connectivity index is 3.07. The van der Waals surface area contributed by atoms with E-state index in [1.165, 1.54) is 0 Å². The van der Waals surface area contributed by atoms with Gasteiger partial charge in [-0.25, -0.2) is 9.97 Å². The number of aromatic nitrogens is 2. The minimum atomic E-state index is 0.712. The maximum absolute atomic E-state index is 4.05. The molecule has 1 aromatic rings. The lowest BCUT2D eigenvalue weighted by atomic mass is 10.7. The van der Waals surface area contributed by atoms with Crippen LogP contribution >= 0.6 is 31.9 Å². The Morgan fingerprint density at radius 3 is 2.70 bits per heavy atom. The van der Waals surface area contributed by atoms with Gasteiger partial charge < -0.3 is 5.32 Å². The van der Waals surface area contributed by atoms with Crippen molar-refractivity contribution in [1.29, 1.82) is 0 Å². The molecule has 0 fully saturated rings. The van der Waals surface area contributed by atoms with E-state index in [0.29, 0.717) is 4.60 Å². The minimum Gasteiger partial charge on any atom is -0.371 e. The number of nitrogens with one attached hydrogen (secondary N) is 1. The van der Waals surface area contributed by atoms with Crippen molar-refractivity contribution < 1.29 is 0 Å². The Kier molecular flexibility index (Phi) is 2.62. The molecule has 3 nitrogen and oxygen atoms in total. The highest BCUT2D eigenvalue weighted by Gasteiger charge is 1.99. The molecule has 1 rings (SSSR count). The average Bonchev–Trinajstić information content (AvgIpc) is 1.88. The molecule has 0 aromatic carbocycles. The second-order valence-corrected chi connectivity index (χ2v) is 3.15. The molecule has 0 bridgehead atoms. The summed E-state index contributed by atoms with van der Waals surface area (Å²) in [6.45, 7) is 0. The molecule has 0 aliphatic rings. The lowest BCUT2D eigenvalue weighted by Crippen LogP contribution is -1.94. The van der Waals surface area contributed by atoms with E-state index in [2.05, 4.69) is 47.1 Å². The lowest BCUT2D eigenvalue weighted by Gasteiger charge is -1.99. The fraction of sp³-hybridized carbons (Fsp3) is 0.200. The fourth-order valence-corrected chi connectivity index (χ4v) is 1.52. The number of rotatable bonds is 1. The van der Waals surface area contributed by atoms with E-state index >= 15 is 0 Å². The standard InChI is InChI=1S/C5H5Br2N3/c1-8-5-4(7)10-3(6)2-9-5/h2H,1H3,(H,8,9). The highest BCUT2D eigenvalue weighted by Crippen LogP contribution is 2.18. The molecular weight excluding hydrogens is 262 g/mol. The third kappa shape index (κ3) is 1.67. The van der Waals surface area contributed by atoms with E-state index in [4.69, 9.17) is 0 Å². The molecular formula is C5H5Br2N3. The van der Waals surface area contributed by atoms with Crippen LogP contribution in [0.5, 0.6) is 0 Å². The summed E-state index contributed by atoms with van der Waals surface area (Å²) in [7, 11) is 1.79. The van der Waals surface area contributed by atoms with E-state index in [-0.39, 0.29) is 0 Å². The summed E-state index contributed by atoms with van der Waals surface area (Å²) in [4.78, 5) is 8.08. The topological polar surface area (TPSA) is 37.8 Å². The third-order valence-electron chi connectivity index (χ3n) is 0.937. The van der Waals surface area contributed by atoms with Crippen molar-refractivity contribution in [3.8, 4) is 0 Å². The summed E-state index contributed by atoms with van der Waals surface area (Å²) in [5.74, 6) is 0.739. The van der Waals surface area contributed by atoms with Crippen molar-refractivity contribution in [3.63, 3.8) is 0 Å². The van der Waals surface area contributed by atoms with Crippen molar-refractivity contribution in [2.24, 2.45) is 0 Å². The van der Waals surface area contributed by atoms with Crippen LogP contribution in [0.25, 0.3) is 0 Å². The highest BCUT2D eigenvalue weighted by molar-refractivity contribution is 9.11. The van der Waals surface area contributed by atoms with Crippen LogP contribution < -0.4 is 5.32 Å². The van der Waals surface area contributed by atoms with Crippen LogP contribution in [0.1, 0.15) is 0 Å². The largest absolute Gasteiger partial charge is 0.371 e. The highest BCUT2D eigenvalue weighted by atomic mass is 79.9. The minimum absolute atomic E-state index is 0.712. The molecule has 0 saturated carbocycles. The number of anilines is 1. The van der Waals surface area contributed by atoms with Crippen LogP contribution in [0.3, 0.4) is 0 Å². The Labute approximate surface area is 75.5 Å². The zero-order chi connectivity index (χ0) is 7.56. The molecule has 1 N–H and O–H groups in total. The van der Waals surface area contributed by atoms with E-state index in [1.807, 2.05) is 0 Å². The molecule has 1 aromatic heterocycles. The number of hydrogen-bond acceptors (Lipinski definition) is 3. The lowest BCUT2D eigenvalue weighted by molar-refractivity contribution is 1.12. The molecule has 0 aliphatic carbocycles. The zero-order valence-electron chi connectivity index (χ0n) is 5.23. The normalized spacial score (nSPS) is 9.50. The Bertz CT molecular complexity index is 238. The van der Waals surface area contributed by atoms with Crippen molar-refractivity contribution >= 4 is 37.7 Å². The van der Waals surface area contributed by atoms with Gasteiger partial charge in [-0.05, 0) is 31.9 Å². The van der Waals surface area contributed by atoms with E-state index in [0.717, 1.165) is 10.4 Å². The van der Waals surface area contributed by atoms with Crippen LogP contribution in [0, 0.1) is 0 Å². The molecule has 1 heterocycles. The average molecular weight is 267 g/mol. The first-order chi connectivity index (χ1) is 4.74. The van der Waals surface area contributed by atoms with Crippen LogP contribution in [0.2, 0.25) is 0 Å². The molecule has 54 valence electrons. The number of hydrogen-bond donors (Lipinski definition) is 1. The van der Waals surface area contributed by atoms with Crippen LogP contribution in [0.15, 0.2) is 15.4 Å². The Morgan fingerprint density at radius 2 is 2.20 bits per heavy atom. The van der Waals surface area contributed by atoms with Gasteiger partial charge in [0.2, 0.25) is 0 Å². The molecule has 0 saturated heterocycles. The maximum atomic E-state index is 4.05. The summed E-state index contributed by atoms with van der Waals surface area (Å²) in [6.07, 6.45) is 1.64. The van der Waals surface area contributed by atoms with Gasteiger partial charge in [0.1, 0.15) is 9.21 Å². The van der Waals surface area contributed by atoms with Crippen molar-refractivity contribution in [2.75, 3.05) is 12.4 Å². The Hall–Kier alpha value is -0.160. The second-order valence-electron chi connectivity index (χ2n) is 1.58. The zero-order valence-corrected chi connectivity index (χ0v) is 8.40. The summed E-state index contributed by atoms with van der Waals surface area (Å²) < 4.78 is 1.43. The summed E-state index contributed by atoms with van der Waals surface area (Å²) in [5, 5.41) is 2.88. The van der Waals surface area contributed by atoms with Crippen LogP contribution in [-0.4, -0.2) is 17.0 Å².